The maximum absolute atomic E-state index is 13.2. The molecule has 5 aromatic rings. The lowest BCUT2D eigenvalue weighted by Gasteiger charge is -2.24. The molecule has 0 aliphatic rings. The monoisotopic (exact) mass is 1200 g/mol. The molecule has 468 valence electrons. The van der Waals surface area contributed by atoms with Gasteiger partial charge in [0.2, 0.25) is 51.4 Å². The molecule has 1 heterocycles. The first-order chi connectivity index (χ1) is 40.4. The molecule has 4 aromatic carbocycles. The molecule has 0 radical (unpaired) electrons. The van der Waals surface area contributed by atoms with E-state index in [9.17, 15) is 46.8 Å². The molecule has 0 aliphatic carbocycles. The number of benzene rings is 4. The SMILES string of the molecule is CCC.CCC(C)C(NC(=O)CNC(=O)C(CCCCN)NC(=O)CNC(=O)C(CCC(=O)NCCCCNS(=O)(=O)c1cccc2c(N(C)C)cccc12)NC(=O)CN)C(=O)NCC(C)=O.Cc1c[nH]c2ccccc12.Cc1ccc(O)cc1. The van der Waals surface area contributed by atoms with Gasteiger partial charge in [-0.3, -0.25) is 38.4 Å². The van der Waals surface area contributed by atoms with Gasteiger partial charge in [0.25, 0.3) is 0 Å². The Kier molecular flexibility index (Phi) is 34.1. The van der Waals surface area contributed by atoms with Crippen LogP contribution in [0, 0.1) is 19.8 Å². The zero-order valence-electron chi connectivity index (χ0n) is 50.8. The van der Waals surface area contributed by atoms with E-state index in [2.05, 4.69) is 85.9 Å². The highest BCUT2D eigenvalue weighted by atomic mass is 32.2. The van der Waals surface area contributed by atoms with E-state index in [4.69, 9.17) is 16.6 Å². The Morgan fingerprint density at radius 3 is 1.78 bits per heavy atom. The quantitative estimate of drug-likeness (QED) is 0.0290. The Bertz CT molecular complexity index is 3000. The fourth-order valence-corrected chi connectivity index (χ4v) is 9.43. The van der Waals surface area contributed by atoms with Gasteiger partial charge in [0.05, 0.1) is 31.1 Å². The second-order valence-electron chi connectivity index (χ2n) is 20.6. The lowest BCUT2D eigenvalue weighted by atomic mass is 9.98. The van der Waals surface area contributed by atoms with Gasteiger partial charge in [0.1, 0.15) is 29.7 Å². The summed E-state index contributed by atoms with van der Waals surface area (Å²) in [5.41, 5.74) is 15.6. The largest absolute Gasteiger partial charge is 0.508 e. The van der Waals surface area contributed by atoms with Crippen LogP contribution in [0.3, 0.4) is 0 Å². The molecule has 5 rings (SSSR count). The van der Waals surface area contributed by atoms with Crippen molar-refractivity contribution in [3.05, 3.63) is 102 Å². The topological polar surface area (TPSA) is 358 Å². The number of amides is 7. The van der Waals surface area contributed by atoms with Crippen molar-refractivity contribution in [2.75, 3.05) is 64.8 Å². The van der Waals surface area contributed by atoms with Gasteiger partial charge in [-0.05, 0) is 108 Å². The van der Waals surface area contributed by atoms with Crippen molar-refractivity contribution in [1.29, 1.82) is 0 Å². The summed E-state index contributed by atoms with van der Waals surface area (Å²) in [6.07, 6.45) is 5.47. The van der Waals surface area contributed by atoms with E-state index in [0.717, 1.165) is 11.1 Å². The van der Waals surface area contributed by atoms with Gasteiger partial charge < -0.3 is 63.7 Å². The number of carbonyl (C=O) groups is 8. The minimum atomic E-state index is -3.83. The predicted molar refractivity (Wildman–Crippen MR) is 334 cm³/mol. The van der Waals surface area contributed by atoms with Crippen molar-refractivity contribution >= 4 is 84.5 Å². The van der Waals surface area contributed by atoms with Crippen molar-refractivity contribution < 1.29 is 51.9 Å². The predicted octanol–water partition coefficient (Wildman–Crippen LogP) is 3.98. The van der Waals surface area contributed by atoms with E-state index in [-0.39, 0.29) is 55.5 Å². The third kappa shape index (κ3) is 27.6. The van der Waals surface area contributed by atoms with Crippen molar-refractivity contribution in [2.24, 2.45) is 17.4 Å². The van der Waals surface area contributed by atoms with E-state index in [1.54, 1.807) is 43.3 Å². The average Bonchev–Trinajstić information content (AvgIpc) is 2.57. The number of sulfonamides is 1. The maximum atomic E-state index is 13.2. The summed E-state index contributed by atoms with van der Waals surface area (Å²) in [6, 6.07) is 22.7. The number of nitrogens with two attached hydrogens (primary N) is 2. The van der Waals surface area contributed by atoms with Crippen molar-refractivity contribution in [3.63, 3.8) is 0 Å². The Morgan fingerprint density at radius 2 is 1.19 bits per heavy atom. The normalized spacial score (nSPS) is 12.1. The number of phenols is 1. The molecule has 14 N–H and O–H groups in total. The molecule has 0 bridgehead atoms. The van der Waals surface area contributed by atoms with Crippen LogP contribution in [-0.2, 0) is 48.4 Å². The summed E-state index contributed by atoms with van der Waals surface area (Å²) in [6.45, 7) is 12.1. The number of Topliss-reactive ketones (excluding diaryl/α,β-unsaturated/α-hetero) is 1. The Balaban J connectivity index is 0.000000966. The molecule has 85 heavy (non-hydrogen) atoms. The number of hydrogen-bond acceptors (Lipinski definition) is 14. The van der Waals surface area contributed by atoms with Crippen LogP contribution in [0.5, 0.6) is 5.75 Å². The van der Waals surface area contributed by atoms with Crippen LogP contribution in [0.1, 0.15) is 104 Å². The van der Waals surface area contributed by atoms with Crippen LogP contribution >= 0.6 is 0 Å². The highest BCUT2D eigenvalue weighted by molar-refractivity contribution is 7.89. The fourth-order valence-electron chi connectivity index (χ4n) is 8.13. The molecular formula is C61H92N12O11S. The number of aromatic nitrogens is 1. The summed E-state index contributed by atoms with van der Waals surface area (Å²) < 4.78 is 29.0. The van der Waals surface area contributed by atoms with E-state index >= 15 is 0 Å². The number of carbonyl (C=O) groups excluding carboxylic acids is 8. The van der Waals surface area contributed by atoms with Gasteiger partial charge >= 0.3 is 0 Å². The van der Waals surface area contributed by atoms with E-state index in [1.165, 1.54) is 35.4 Å². The third-order valence-corrected chi connectivity index (χ3v) is 14.5. The fraction of sp³-hybridized carbons (Fsp3) is 0.475. The molecule has 23 nitrogen and oxygen atoms in total. The van der Waals surface area contributed by atoms with Crippen LogP contribution in [0.4, 0.5) is 5.69 Å². The molecule has 0 fully saturated rings. The minimum absolute atomic E-state index is 0.129. The minimum Gasteiger partial charge on any atom is -0.508 e. The van der Waals surface area contributed by atoms with Crippen molar-refractivity contribution in [3.8, 4) is 5.75 Å². The Hall–Kier alpha value is -7.93. The third-order valence-electron chi connectivity index (χ3n) is 12.9. The summed E-state index contributed by atoms with van der Waals surface area (Å²) >= 11 is 0. The van der Waals surface area contributed by atoms with Crippen molar-refractivity contribution in [2.45, 2.75) is 129 Å². The summed E-state index contributed by atoms with van der Waals surface area (Å²) in [7, 11) is -0.0662. The number of unbranched alkanes of at least 4 members (excludes halogenated alkanes) is 2. The lowest BCUT2D eigenvalue weighted by Crippen LogP contribution is -2.55. The smallest absolute Gasteiger partial charge is 0.243 e. The highest BCUT2D eigenvalue weighted by Gasteiger charge is 2.28. The molecule has 1 aromatic heterocycles. The standard InChI is InChI=1S/C42H67N11O10S.C9H9N.C7H8O.C3H8/c1-6-27(2)39(42(61)46-24-28(3)54)52-38(58)26-48-40(59)31(15-7-8-20-43)51-37(57)25-47-41(60)32(50-36(56)23-44)18-19-35(55)45-21-9-10-22-49-64(62,63)34-17-12-13-29-30(34)14-11-16-33(29)53(4)5;1-7-6-10-9-5-3-2-4-8(7)9;1-6-2-4-7(8)5-3-6;1-3-2/h11-14,16-17,27,31-32,39,49H,6-10,15,18-26,43-44H2,1-5H3,(H,45,55)(H,46,61)(H,47,60)(H,48,59)(H,50,56)(H,51,57)(H,52,58);2-6,10H,1H3;2-5,8H,1H3;3H2,1-2H3. The molecule has 24 heteroatoms. The van der Waals surface area contributed by atoms with Crippen LogP contribution in [0.15, 0.2) is 96.0 Å². The van der Waals surface area contributed by atoms with Crippen LogP contribution in [0.25, 0.3) is 21.7 Å². The highest BCUT2D eigenvalue weighted by Crippen LogP contribution is 2.30. The van der Waals surface area contributed by atoms with Gasteiger partial charge in [0.15, 0.2) is 0 Å². The Morgan fingerprint density at radius 1 is 0.624 bits per heavy atom. The number of fused-ring (bicyclic) bond motifs is 2. The number of hydrogen-bond donors (Lipinski definition) is 12. The second-order valence-corrected chi connectivity index (χ2v) is 22.3. The zero-order valence-corrected chi connectivity index (χ0v) is 51.6. The average molecular weight is 1200 g/mol. The number of aryl methyl sites for hydroxylation is 2. The molecule has 4 atom stereocenters. The van der Waals surface area contributed by atoms with Gasteiger partial charge in [-0.1, -0.05) is 101 Å². The van der Waals surface area contributed by atoms with Gasteiger partial charge in [-0.15, -0.1) is 0 Å². The van der Waals surface area contributed by atoms with Gasteiger partial charge in [0, 0.05) is 67.2 Å². The number of phenolic OH excluding ortho intramolecular Hbond substituents is 1. The molecule has 0 aliphatic heterocycles. The first kappa shape index (κ1) is 73.2. The van der Waals surface area contributed by atoms with Crippen molar-refractivity contribution in [1.82, 2.24) is 46.9 Å². The van der Waals surface area contributed by atoms with Gasteiger partial charge in [-0.25, -0.2) is 13.1 Å². The van der Waals surface area contributed by atoms with Crippen LogP contribution < -0.4 is 58.3 Å². The first-order valence-corrected chi connectivity index (χ1v) is 30.3. The van der Waals surface area contributed by atoms with E-state index in [1.807, 2.05) is 69.4 Å². The number of rotatable bonds is 30. The van der Waals surface area contributed by atoms with E-state index < -0.39 is 89.1 Å². The number of ketones is 1. The first-order valence-electron chi connectivity index (χ1n) is 28.8. The number of nitrogens with one attached hydrogen (secondary N) is 9. The summed E-state index contributed by atoms with van der Waals surface area (Å²) in [5.74, 6) is -4.80. The molecule has 0 saturated carbocycles. The maximum Gasteiger partial charge on any atom is 0.243 e. The number of anilines is 1. The number of aromatic amines is 1. The number of nitrogens with zero attached hydrogens (tertiary/aromatic N) is 1. The molecule has 0 saturated heterocycles. The van der Waals surface area contributed by atoms with Crippen LogP contribution in [-0.4, -0.2) is 144 Å². The Labute approximate surface area is 500 Å². The lowest BCUT2D eigenvalue weighted by molar-refractivity contribution is -0.133. The van der Waals surface area contributed by atoms with E-state index in [0.29, 0.717) is 49.8 Å². The van der Waals surface area contributed by atoms with Crippen LogP contribution in [0.2, 0.25) is 0 Å². The second kappa shape index (κ2) is 39.6. The summed E-state index contributed by atoms with van der Waals surface area (Å²) in [5, 5.41) is 29.1. The molecule has 4 unspecified atom stereocenters. The van der Waals surface area contributed by atoms with Gasteiger partial charge in [-0.2, -0.15) is 0 Å². The number of H-pyrrole nitrogens is 1. The molecule has 0 spiro atoms. The zero-order chi connectivity index (χ0) is 63.5. The number of para-hydroxylation sites is 1. The molecule has 7 amide bonds. The number of aromatic hydroxyl groups is 1. The summed E-state index contributed by atoms with van der Waals surface area (Å²) in [4.78, 5) is 106. The molecular weight excluding hydrogens is 1110 g/mol.